The van der Waals surface area contributed by atoms with Crippen LogP contribution >= 0.6 is 0 Å². The van der Waals surface area contributed by atoms with E-state index in [1.165, 1.54) is 5.56 Å². The van der Waals surface area contributed by atoms with Gasteiger partial charge in [0.15, 0.2) is 0 Å². The summed E-state index contributed by atoms with van der Waals surface area (Å²) in [5.74, 6) is 0.100. The monoisotopic (exact) mass is 404 g/mol. The summed E-state index contributed by atoms with van der Waals surface area (Å²) >= 11 is 0. The molecule has 0 unspecified atom stereocenters. The Balaban J connectivity index is 1.65. The lowest BCUT2D eigenvalue weighted by molar-refractivity contribution is 0.306. The van der Waals surface area contributed by atoms with Crippen LogP contribution in [-0.2, 0) is 6.61 Å². The van der Waals surface area contributed by atoms with Crippen LogP contribution in [0.5, 0.6) is 17.5 Å². The second-order valence-electron chi connectivity index (χ2n) is 7.45. The highest BCUT2D eigenvalue weighted by atomic mass is 16.5. The minimum Gasteiger partial charge on any atom is -0.492 e. The zero-order chi connectivity index (χ0) is 21.3. The first kappa shape index (κ1) is 19.6. The van der Waals surface area contributed by atoms with Crippen LogP contribution in [0.4, 0.5) is 0 Å². The van der Waals surface area contributed by atoms with Crippen molar-refractivity contribution in [3.05, 3.63) is 87.7 Å². The second kappa shape index (κ2) is 7.94. The number of rotatable bonds is 6. The number of H-pyrrole nitrogens is 2. The van der Waals surface area contributed by atoms with E-state index in [0.717, 1.165) is 28.3 Å². The first-order valence-electron chi connectivity index (χ1n) is 9.70. The van der Waals surface area contributed by atoms with Crippen molar-refractivity contribution in [2.75, 3.05) is 0 Å². The van der Waals surface area contributed by atoms with Crippen molar-refractivity contribution in [1.82, 2.24) is 20.4 Å². The van der Waals surface area contributed by atoms with E-state index in [9.17, 15) is 10.2 Å². The van der Waals surface area contributed by atoms with E-state index in [-0.39, 0.29) is 11.8 Å². The number of nitrogens with one attached hydrogen (secondary N) is 2. The third-order valence-electron chi connectivity index (χ3n) is 5.23. The lowest BCUT2D eigenvalue weighted by Gasteiger charge is -2.18. The number of hydrogen-bond acceptors (Lipinski definition) is 5. The summed E-state index contributed by atoms with van der Waals surface area (Å²) in [4.78, 5) is 0. The molecular weight excluding hydrogens is 380 g/mol. The molecule has 4 aromatic rings. The zero-order valence-corrected chi connectivity index (χ0v) is 17.1. The van der Waals surface area contributed by atoms with Crippen molar-refractivity contribution in [1.29, 1.82) is 0 Å². The van der Waals surface area contributed by atoms with Gasteiger partial charge in [-0.05, 0) is 44.0 Å². The van der Waals surface area contributed by atoms with E-state index in [1.54, 1.807) is 0 Å². The molecule has 2 aromatic carbocycles. The number of hydrogen-bond donors (Lipinski definition) is 4. The van der Waals surface area contributed by atoms with E-state index in [4.69, 9.17) is 4.74 Å². The molecule has 0 aliphatic heterocycles. The standard InChI is InChI=1S/C23H24N4O3/c1-13-5-4-6-16(11-13)12-30-18-9-7-17(8-10-18)21(19-14(2)24-26-22(19)28)20-15(3)25-27-23(20)29/h4-11,21H,12H2,1-3H3,(H2,24,26,28)(H2,25,27,29). The van der Waals surface area contributed by atoms with Gasteiger partial charge in [-0.25, -0.2) is 0 Å². The summed E-state index contributed by atoms with van der Waals surface area (Å²) in [6.45, 7) is 6.20. The molecule has 7 heteroatoms. The molecule has 0 spiro atoms. The van der Waals surface area contributed by atoms with Crippen molar-refractivity contribution in [2.45, 2.75) is 33.3 Å². The highest BCUT2D eigenvalue weighted by Gasteiger charge is 2.29. The Labute approximate surface area is 174 Å². The molecule has 0 aliphatic rings. The van der Waals surface area contributed by atoms with Gasteiger partial charge >= 0.3 is 0 Å². The Bertz CT molecular complexity index is 1080. The fourth-order valence-electron chi connectivity index (χ4n) is 3.74. The summed E-state index contributed by atoms with van der Waals surface area (Å²) < 4.78 is 5.92. The Morgan fingerprint density at radius 2 is 1.47 bits per heavy atom. The number of aromatic nitrogens is 4. The second-order valence-corrected chi connectivity index (χ2v) is 7.45. The Morgan fingerprint density at radius 3 is 1.97 bits per heavy atom. The van der Waals surface area contributed by atoms with Crippen molar-refractivity contribution < 1.29 is 14.9 Å². The van der Waals surface area contributed by atoms with E-state index < -0.39 is 5.92 Å². The molecule has 0 amide bonds. The summed E-state index contributed by atoms with van der Waals surface area (Å²) in [5.41, 5.74) is 5.81. The normalized spacial score (nSPS) is 11.2. The highest BCUT2D eigenvalue weighted by Crippen LogP contribution is 2.42. The summed E-state index contributed by atoms with van der Waals surface area (Å²) in [6, 6.07) is 15.8. The Kier molecular flexibility index (Phi) is 5.18. The average Bonchev–Trinajstić information content (AvgIpc) is 3.24. The molecule has 2 heterocycles. The maximum atomic E-state index is 10.4. The summed E-state index contributed by atoms with van der Waals surface area (Å²) in [7, 11) is 0. The average molecular weight is 404 g/mol. The maximum Gasteiger partial charge on any atom is 0.234 e. The molecule has 0 saturated carbocycles. The number of nitrogens with zero attached hydrogens (tertiary/aromatic N) is 2. The predicted molar refractivity (Wildman–Crippen MR) is 113 cm³/mol. The minimum atomic E-state index is -0.437. The molecule has 7 nitrogen and oxygen atoms in total. The van der Waals surface area contributed by atoms with Gasteiger partial charge < -0.3 is 14.9 Å². The number of aryl methyl sites for hydroxylation is 3. The number of benzene rings is 2. The first-order chi connectivity index (χ1) is 14.4. The van der Waals surface area contributed by atoms with Crippen LogP contribution in [0.15, 0.2) is 48.5 Å². The topological polar surface area (TPSA) is 107 Å². The third kappa shape index (κ3) is 3.74. The molecule has 154 valence electrons. The molecule has 0 aliphatic carbocycles. The molecule has 30 heavy (non-hydrogen) atoms. The molecule has 0 saturated heterocycles. The molecular formula is C23H24N4O3. The van der Waals surface area contributed by atoms with Gasteiger partial charge in [-0.15, -0.1) is 10.2 Å². The van der Waals surface area contributed by atoms with E-state index in [0.29, 0.717) is 17.7 Å². The van der Waals surface area contributed by atoms with Crippen LogP contribution < -0.4 is 4.74 Å². The van der Waals surface area contributed by atoms with Gasteiger partial charge in [0, 0.05) is 28.4 Å². The third-order valence-corrected chi connectivity index (χ3v) is 5.23. The van der Waals surface area contributed by atoms with Crippen molar-refractivity contribution in [2.24, 2.45) is 0 Å². The van der Waals surface area contributed by atoms with Crippen LogP contribution in [0.3, 0.4) is 0 Å². The SMILES string of the molecule is Cc1cccc(COc2ccc(C(c3c(O)n[nH]c3C)c3c(O)n[nH]c3C)cc2)c1. The lowest BCUT2D eigenvalue weighted by atomic mass is 9.85. The fourth-order valence-corrected chi connectivity index (χ4v) is 3.74. The molecule has 0 radical (unpaired) electrons. The van der Waals surface area contributed by atoms with Crippen molar-refractivity contribution in [3.63, 3.8) is 0 Å². The van der Waals surface area contributed by atoms with E-state index in [2.05, 4.69) is 39.5 Å². The largest absolute Gasteiger partial charge is 0.492 e. The van der Waals surface area contributed by atoms with Crippen molar-refractivity contribution >= 4 is 0 Å². The van der Waals surface area contributed by atoms with Gasteiger partial charge in [-0.2, -0.15) is 0 Å². The number of ether oxygens (including phenoxy) is 1. The van der Waals surface area contributed by atoms with E-state index in [1.807, 2.05) is 50.2 Å². The van der Waals surface area contributed by atoms with E-state index >= 15 is 0 Å². The quantitative estimate of drug-likeness (QED) is 0.385. The predicted octanol–water partition coefficient (Wildman–Crippen LogP) is 4.23. The number of aromatic amines is 2. The van der Waals surface area contributed by atoms with Gasteiger partial charge in [0.2, 0.25) is 11.8 Å². The molecule has 0 atom stereocenters. The molecule has 0 bridgehead atoms. The summed E-state index contributed by atoms with van der Waals surface area (Å²) in [5, 5.41) is 34.1. The Morgan fingerprint density at radius 1 is 0.867 bits per heavy atom. The van der Waals surface area contributed by atoms with Gasteiger partial charge in [0.1, 0.15) is 12.4 Å². The van der Waals surface area contributed by atoms with Gasteiger partial charge in [-0.1, -0.05) is 42.0 Å². The van der Waals surface area contributed by atoms with Crippen LogP contribution in [0.25, 0.3) is 0 Å². The van der Waals surface area contributed by atoms with Crippen LogP contribution in [0.2, 0.25) is 0 Å². The van der Waals surface area contributed by atoms with Gasteiger partial charge in [-0.3, -0.25) is 10.2 Å². The molecule has 2 aromatic heterocycles. The zero-order valence-electron chi connectivity index (χ0n) is 17.1. The highest BCUT2D eigenvalue weighted by molar-refractivity contribution is 5.52. The van der Waals surface area contributed by atoms with Crippen molar-refractivity contribution in [3.8, 4) is 17.5 Å². The van der Waals surface area contributed by atoms with Gasteiger partial charge in [0.05, 0.1) is 0 Å². The molecule has 0 fully saturated rings. The number of aromatic hydroxyl groups is 2. The summed E-state index contributed by atoms with van der Waals surface area (Å²) in [6.07, 6.45) is 0. The lowest BCUT2D eigenvalue weighted by Crippen LogP contribution is -2.06. The first-order valence-corrected chi connectivity index (χ1v) is 9.70. The van der Waals surface area contributed by atoms with Gasteiger partial charge in [0.25, 0.3) is 0 Å². The minimum absolute atomic E-state index is 0.0997. The Hall–Kier alpha value is -3.74. The van der Waals surface area contributed by atoms with Crippen LogP contribution in [-0.4, -0.2) is 30.6 Å². The fraction of sp³-hybridized carbons (Fsp3) is 0.217. The van der Waals surface area contributed by atoms with Crippen LogP contribution in [0.1, 0.15) is 45.1 Å². The molecule has 4 N–H and O–H groups in total. The molecule has 4 rings (SSSR count). The smallest absolute Gasteiger partial charge is 0.234 e. The maximum absolute atomic E-state index is 10.4. The van der Waals surface area contributed by atoms with Crippen LogP contribution in [0, 0.1) is 20.8 Å².